The highest BCUT2D eigenvalue weighted by molar-refractivity contribution is 5.72. The molecule has 0 unspecified atom stereocenters. The van der Waals surface area contributed by atoms with Crippen LogP contribution in [0.5, 0.6) is 5.88 Å². The molecule has 0 saturated heterocycles. The summed E-state index contributed by atoms with van der Waals surface area (Å²) in [5.74, 6) is -0.101. The number of carbonyl (C=O) groups is 1. The number of hydrogen-bond acceptors (Lipinski definition) is 4. The topological polar surface area (TPSA) is 52.3 Å². The van der Waals surface area contributed by atoms with Crippen molar-refractivity contribution in [2.45, 2.75) is 12.8 Å². The Morgan fingerprint density at radius 3 is 2.75 bits per heavy atom. The number of aromatic nitrogens is 1. The third kappa shape index (κ3) is 2.95. The number of carbonyl (C=O) groups excluding carboxylic acids is 1. The Bertz CT molecular complexity index is 437. The average Bonchev–Trinajstić information content (AvgIpc) is 2.81. The fourth-order valence-electron chi connectivity index (χ4n) is 1.31. The molecule has 0 bridgehead atoms. The predicted molar refractivity (Wildman–Crippen MR) is 56.9 cm³/mol. The predicted octanol–water partition coefficient (Wildman–Crippen LogP) is 2.21. The van der Waals surface area contributed by atoms with Gasteiger partial charge < -0.3 is 9.26 Å². The lowest BCUT2D eigenvalue weighted by atomic mass is 10.1. The minimum atomic E-state index is -0.308. The number of nitrogens with zero attached hydrogens (tertiary/aromatic N) is 1. The summed E-state index contributed by atoms with van der Waals surface area (Å²) in [6, 6.07) is 11.3. The molecule has 1 aromatic carbocycles. The summed E-state index contributed by atoms with van der Waals surface area (Å²) in [5, 5.41) is 3.49. The minimum absolute atomic E-state index is 0.207. The largest absolute Gasteiger partial charge is 0.404 e. The lowest BCUT2D eigenvalue weighted by Gasteiger charge is -2.00. The number of aryl methyl sites for hydroxylation is 1. The van der Waals surface area contributed by atoms with E-state index in [0.29, 0.717) is 12.8 Å². The van der Waals surface area contributed by atoms with Crippen molar-refractivity contribution in [1.82, 2.24) is 5.16 Å². The Morgan fingerprint density at radius 2 is 2.06 bits per heavy atom. The SMILES string of the molecule is O=C(CCc1ccccc1)Oc1ccon1. The fourth-order valence-corrected chi connectivity index (χ4v) is 1.31. The number of hydrogen-bond donors (Lipinski definition) is 0. The second kappa shape index (κ2) is 5.11. The zero-order valence-corrected chi connectivity index (χ0v) is 8.63. The van der Waals surface area contributed by atoms with Crippen LogP contribution >= 0.6 is 0 Å². The third-order valence-corrected chi connectivity index (χ3v) is 2.09. The van der Waals surface area contributed by atoms with E-state index in [0.717, 1.165) is 5.56 Å². The molecule has 82 valence electrons. The van der Waals surface area contributed by atoms with E-state index in [-0.39, 0.29) is 11.8 Å². The van der Waals surface area contributed by atoms with Crippen molar-refractivity contribution >= 4 is 5.97 Å². The molecule has 0 N–H and O–H groups in total. The van der Waals surface area contributed by atoms with Crippen LogP contribution in [0.25, 0.3) is 0 Å². The van der Waals surface area contributed by atoms with Gasteiger partial charge in [-0.2, -0.15) is 0 Å². The van der Waals surface area contributed by atoms with E-state index in [4.69, 9.17) is 4.74 Å². The Morgan fingerprint density at radius 1 is 1.25 bits per heavy atom. The van der Waals surface area contributed by atoms with Crippen LogP contribution in [0.4, 0.5) is 0 Å². The van der Waals surface area contributed by atoms with Gasteiger partial charge in [-0.1, -0.05) is 30.3 Å². The highest BCUT2D eigenvalue weighted by Crippen LogP contribution is 2.08. The first-order chi connectivity index (χ1) is 7.84. The normalized spacial score (nSPS) is 10.0. The fraction of sp³-hybridized carbons (Fsp3) is 0.167. The second-order valence-corrected chi connectivity index (χ2v) is 3.30. The molecule has 2 rings (SSSR count). The minimum Gasteiger partial charge on any atom is -0.404 e. The molecule has 0 spiro atoms. The van der Waals surface area contributed by atoms with Gasteiger partial charge in [-0.15, -0.1) is 0 Å². The maximum atomic E-state index is 11.4. The number of rotatable bonds is 4. The number of benzene rings is 1. The van der Waals surface area contributed by atoms with Gasteiger partial charge in [0.2, 0.25) is 0 Å². The van der Waals surface area contributed by atoms with E-state index in [1.165, 1.54) is 12.3 Å². The lowest BCUT2D eigenvalue weighted by molar-refractivity contribution is -0.134. The molecule has 0 aliphatic heterocycles. The molecule has 0 atom stereocenters. The Hall–Kier alpha value is -2.10. The first-order valence-corrected chi connectivity index (χ1v) is 4.99. The summed E-state index contributed by atoms with van der Waals surface area (Å²) in [6.07, 6.45) is 2.36. The summed E-state index contributed by atoms with van der Waals surface area (Å²) in [5.41, 5.74) is 1.11. The van der Waals surface area contributed by atoms with Crippen LogP contribution in [0, 0.1) is 0 Å². The van der Waals surface area contributed by atoms with Crippen LogP contribution in [-0.4, -0.2) is 11.1 Å². The summed E-state index contributed by atoms with van der Waals surface area (Å²) in [4.78, 5) is 11.4. The van der Waals surface area contributed by atoms with Crippen LogP contribution in [0.15, 0.2) is 47.2 Å². The molecule has 16 heavy (non-hydrogen) atoms. The van der Waals surface area contributed by atoms with E-state index in [1.807, 2.05) is 30.3 Å². The van der Waals surface area contributed by atoms with Crippen molar-refractivity contribution in [2.24, 2.45) is 0 Å². The summed E-state index contributed by atoms with van der Waals surface area (Å²) in [6.45, 7) is 0. The summed E-state index contributed by atoms with van der Waals surface area (Å²) >= 11 is 0. The van der Waals surface area contributed by atoms with E-state index < -0.39 is 0 Å². The van der Waals surface area contributed by atoms with E-state index in [9.17, 15) is 4.79 Å². The van der Waals surface area contributed by atoms with Crippen molar-refractivity contribution in [3.05, 3.63) is 48.2 Å². The molecule has 4 nitrogen and oxygen atoms in total. The monoisotopic (exact) mass is 217 g/mol. The van der Waals surface area contributed by atoms with Gasteiger partial charge in [0.1, 0.15) is 6.26 Å². The highest BCUT2D eigenvalue weighted by Gasteiger charge is 2.06. The van der Waals surface area contributed by atoms with Crippen molar-refractivity contribution in [3.63, 3.8) is 0 Å². The van der Waals surface area contributed by atoms with Crippen molar-refractivity contribution in [3.8, 4) is 5.88 Å². The smallest absolute Gasteiger partial charge is 0.312 e. The Labute approximate surface area is 92.8 Å². The molecule has 0 saturated carbocycles. The molecule has 0 aliphatic rings. The first kappa shape index (κ1) is 10.4. The van der Waals surface area contributed by atoms with Gasteiger partial charge in [0, 0.05) is 6.07 Å². The molecule has 0 radical (unpaired) electrons. The average molecular weight is 217 g/mol. The van der Waals surface area contributed by atoms with Crippen LogP contribution in [0.1, 0.15) is 12.0 Å². The van der Waals surface area contributed by atoms with Crippen molar-refractivity contribution in [2.75, 3.05) is 0 Å². The number of esters is 1. The molecule has 0 amide bonds. The van der Waals surface area contributed by atoms with Gasteiger partial charge >= 0.3 is 5.97 Å². The summed E-state index contributed by atoms with van der Waals surface area (Å²) < 4.78 is 9.48. The zero-order chi connectivity index (χ0) is 11.2. The second-order valence-electron chi connectivity index (χ2n) is 3.30. The van der Waals surface area contributed by atoms with Crippen LogP contribution in [0.2, 0.25) is 0 Å². The van der Waals surface area contributed by atoms with Gasteiger partial charge in [0.05, 0.1) is 6.42 Å². The van der Waals surface area contributed by atoms with Crippen molar-refractivity contribution < 1.29 is 14.1 Å². The van der Waals surface area contributed by atoms with Gasteiger partial charge in [0.25, 0.3) is 5.88 Å². The maximum absolute atomic E-state index is 11.4. The molecule has 0 aliphatic carbocycles. The highest BCUT2D eigenvalue weighted by atomic mass is 16.6. The van der Waals surface area contributed by atoms with E-state index in [1.54, 1.807) is 0 Å². The van der Waals surface area contributed by atoms with Gasteiger partial charge in [-0.05, 0) is 17.1 Å². The molecular weight excluding hydrogens is 206 g/mol. The van der Waals surface area contributed by atoms with Crippen LogP contribution < -0.4 is 4.74 Å². The van der Waals surface area contributed by atoms with Gasteiger partial charge in [-0.3, -0.25) is 4.79 Å². The van der Waals surface area contributed by atoms with Crippen LogP contribution in [0.3, 0.4) is 0 Å². The zero-order valence-electron chi connectivity index (χ0n) is 8.63. The third-order valence-electron chi connectivity index (χ3n) is 2.09. The first-order valence-electron chi connectivity index (χ1n) is 4.99. The Balaban J connectivity index is 1.80. The van der Waals surface area contributed by atoms with Gasteiger partial charge in [-0.25, -0.2) is 0 Å². The van der Waals surface area contributed by atoms with Crippen LogP contribution in [-0.2, 0) is 11.2 Å². The molecule has 0 fully saturated rings. The lowest BCUT2D eigenvalue weighted by Crippen LogP contribution is -2.09. The molecule has 2 aromatic rings. The molecular formula is C12H11NO3. The molecule has 1 aromatic heterocycles. The number of ether oxygens (including phenoxy) is 1. The quantitative estimate of drug-likeness (QED) is 0.737. The van der Waals surface area contributed by atoms with E-state index >= 15 is 0 Å². The van der Waals surface area contributed by atoms with Gasteiger partial charge in [0.15, 0.2) is 0 Å². The van der Waals surface area contributed by atoms with Crippen molar-refractivity contribution in [1.29, 1.82) is 0 Å². The maximum Gasteiger partial charge on any atom is 0.312 e. The molecule has 1 heterocycles. The standard InChI is InChI=1S/C12H11NO3/c14-12(16-11-8-9-15-13-11)7-6-10-4-2-1-3-5-10/h1-5,8-9H,6-7H2. The summed E-state index contributed by atoms with van der Waals surface area (Å²) in [7, 11) is 0. The Kier molecular flexibility index (Phi) is 3.33. The molecule has 4 heteroatoms. The van der Waals surface area contributed by atoms with E-state index in [2.05, 4.69) is 9.68 Å².